The van der Waals surface area contributed by atoms with Gasteiger partial charge in [0.05, 0.1) is 18.2 Å². The number of β-amino-alcohol motifs (C(OH)–C–C–N with tert-alkyl or cyclic N) is 1. The van der Waals surface area contributed by atoms with Crippen LogP contribution in [0.4, 0.5) is 5.69 Å². The Hall–Kier alpha value is -4.77. The van der Waals surface area contributed by atoms with Crippen molar-refractivity contribution in [2.24, 2.45) is 4.99 Å². The smallest absolute Gasteiger partial charge is 0.323 e. The molecule has 11 heteroatoms. The number of esters is 1. The van der Waals surface area contributed by atoms with Gasteiger partial charge in [0.25, 0.3) is 0 Å². The summed E-state index contributed by atoms with van der Waals surface area (Å²) in [5, 5.41) is 18.7. The number of nitrogens with zero attached hydrogens (tertiary/aromatic N) is 4. The molecule has 1 aromatic heterocycles. The average molecular weight is 627 g/mol. The Morgan fingerprint density at radius 3 is 2.60 bits per heavy atom. The van der Waals surface area contributed by atoms with Gasteiger partial charge in [-0.1, -0.05) is 66.2 Å². The van der Waals surface area contributed by atoms with Crippen LogP contribution in [-0.4, -0.2) is 58.8 Å². The van der Waals surface area contributed by atoms with Crippen molar-refractivity contribution in [2.45, 2.75) is 38.3 Å². The van der Waals surface area contributed by atoms with Crippen molar-refractivity contribution in [3.8, 4) is 22.6 Å². The molecule has 0 aliphatic carbocycles. The molecule has 230 valence electrons. The zero-order valence-corrected chi connectivity index (χ0v) is 25.3. The summed E-state index contributed by atoms with van der Waals surface area (Å²) in [5.74, 6) is 0.567. The van der Waals surface area contributed by atoms with Crippen molar-refractivity contribution < 1.29 is 28.7 Å². The van der Waals surface area contributed by atoms with Gasteiger partial charge in [0.15, 0.2) is 0 Å². The third-order valence-electron chi connectivity index (χ3n) is 7.80. The van der Waals surface area contributed by atoms with Gasteiger partial charge in [-0.15, -0.1) is 0 Å². The summed E-state index contributed by atoms with van der Waals surface area (Å²) >= 11 is 6.83. The highest BCUT2D eigenvalue weighted by Crippen LogP contribution is 2.39. The van der Waals surface area contributed by atoms with E-state index in [-0.39, 0.29) is 19.6 Å². The molecule has 0 radical (unpaired) electrons. The summed E-state index contributed by atoms with van der Waals surface area (Å²) in [7, 11) is 1.34. The van der Waals surface area contributed by atoms with E-state index in [1.54, 1.807) is 6.07 Å². The Morgan fingerprint density at radius 1 is 1.00 bits per heavy atom. The second-order valence-electron chi connectivity index (χ2n) is 10.8. The Kier molecular flexibility index (Phi) is 9.06. The molecule has 1 aliphatic rings. The monoisotopic (exact) mass is 626 g/mol. The number of rotatable bonds is 11. The van der Waals surface area contributed by atoms with Gasteiger partial charge in [-0.2, -0.15) is 0 Å². The fourth-order valence-electron chi connectivity index (χ4n) is 5.51. The molecule has 1 N–H and O–H groups in total. The van der Waals surface area contributed by atoms with Crippen molar-refractivity contribution in [1.82, 2.24) is 15.2 Å². The molecule has 45 heavy (non-hydrogen) atoms. The van der Waals surface area contributed by atoms with E-state index in [4.69, 9.17) is 30.4 Å². The van der Waals surface area contributed by atoms with E-state index < -0.39 is 18.1 Å². The lowest BCUT2D eigenvalue weighted by Gasteiger charge is -2.24. The van der Waals surface area contributed by atoms with Crippen molar-refractivity contribution in [1.29, 1.82) is 0 Å². The molecule has 2 heterocycles. The third kappa shape index (κ3) is 6.68. The number of benzene rings is 4. The molecule has 0 spiro atoms. The number of hydrogen-bond acceptors (Lipinski definition) is 10. The molecule has 0 amide bonds. The van der Waals surface area contributed by atoms with E-state index in [0.29, 0.717) is 46.3 Å². The van der Waals surface area contributed by atoms with E-state index in [9.17, 15) is 9.90 Å². The molecule has 10 nitrogen and oxygen atoms in total. The Morgan fingerprint density at radius 2 is 1.80 bits per heavy atom. The number of methoxy groups -OCH3 is 1. The van der Waals surface area contributed by atoms with Gasteiger partial charge in [-0.25, -0.2) is 4.63 Å². The first-order valence-corrected chi connectivity index (χ1v) is 14.7. The Bertz CT molecular complexity index is 1830. The number of ether oxygens (including phenoxy) is 3. The van der Waals surface area contributed by atoms with Gasteiger partial charge in [-0.05, 0) is 46.4 Å². The maximum absolute atomic E-state index is 12.5. The number of aliphatic hydroxyl groups is 1. The lowest BCUT2D eigenvalue weighted by Crippen LogP contribution is -2.36. The summed E-state index contributed by atoms with van der Waals surface area (Å²) in [6, 6.07) is 24.3. The summed E-state index contributed by atoms with van der Waals surface area (Å²) in [4.78, 5) is 18.6. The second kappa shape index (κ2) is 13.5. The molecule has 6 rings (SSSR count). The number of aliphatic hydroxyl groups excluding tert-OH is 1. The second-order valence-corrected chi connectivity index (χ2v) is 11.1. The van der Waals surface area contributed by atoms with Crippen LogP contribution in [0.1, 0.15) is 23.1 Å². The first-order chi connectivity index (χ1) is 21.9. The van der Waals surface area contributed by atoms with Gasteiger partial charge >= 0.3 is 5.97 Å². The minimum absolute atomic E-state index is 0.180. The van der Waals surface area contributed by atoms with E-state index in [0.717, 1.165) is 27.8 Å². The zero-order valence-electron chi connectivity index (χ0n) is 24.6. The van der Waals surface area contributed by atoms with Crippen LogP contribution in [0.5, 0.6) is 11.5 Å². The summed E-state index contributed by atoms with van der Waals surface area (Å²) in [5.41, 5.74) is 6.08. The highest BCUT2D eigenvalue weighted by atomic mass is 35.5. The van der Waals surface area contributed by atoms with Crippen LogP contribution in [0.3, 0.4) is 0 Å². The molecule has 1 aliphatic heterocycles. The molecule has 1 fully saturated rings. The summed E-state index contributed by atoms with van der Waals surface area (Å²) in [6.45, 7) is 4.76. The van der Waals surface area contributed by atoms with Gasteiger partial charge in [0, 0.05) is 42.3 Å². The topological polar surface area (TPSA) is 120 Å². The largest absolute Gasteiger partial charge is 0.488 e. The molecule has 2 atom stereocenters. The molecule has 0 bridgehead atoms. The molecular formula is C34H31ClN4O6. The Labute approximate surface area is 264 Å². The highest BCUT2D eigenvalue weighted by Gasteiger charge is 2.37. The van der Waals surface area contributed by atoms with E-state index in [1.807, 2.05) is 77.7 Å². The van der Waals surface area contributed by atoms with Crippen LogP contribution < -0.4 is 9.47 Å². The average Bonchev–Trinajstić information content (AvgIpc) is 3.69. The van der Waals surface area contributed by atoms with Crippen molar-refractivity contribution in [3.63, 3.8) is 0 Å². The molecule has 0 saturated carbocycles. The van der Waals surface area contributed by atoms with Crippen molar-refractivity contribution >= 4 is 41.0 Å². The van der Waals surface area contributed by atoms with Crippen LogP contribution in [0.15, 0.2) is 88.5 Å². The van der Waals surface area contributed by atoms with E-state index >= 15 is 0 Å². The van der Waals surface area contributed by atoms with Gasteiger partial charge in [0.1, 0.15) is 47.5 Å². The SMILES string of the molecule is C=Nc1cc(CN2CC(O)CC2C(=O)OC)c(OCc2ccc3nonc3c2)cc1OCc1cccc(-c2ccccc2)c1Cl. The summed E-state index contributed by atoms with van der Waals surface area (Å²) in [6.07, 6.45) is -0.372. The molecule has 5 aromatic rings. The van der Waals surface area contributed by atoms with Crippen LogP contribution in [-0.2, 0) is 29.3 Å². The van der Waals surface area contributed by atoms with Crippen molar-refractivity contribution in [3.05, 3.63) is 101 Å². The normalized spacial score (nSPS) is 16.5. The number of hydrogen-bond donors (Lipinski definition) is 1. The quantitative estimate of drug-likeness (QED) is 0.136. The van der Waals surface area contributed by atoms with E-state index in [1.165, 1.54) is 7.11 Å². The van der Waals surface area contributed by atoms with Crippen molar-refractivity contribution in [2.75, 3.05) is 13.7 Å². The first kappa shape index (κ1) is 30.3. The third-order valence-corrected chi connectivity index (χ3v) is 8.25. The van der Waals surface area contributed by atoms with Crippen LogP contribution >= 0.6 is 11.6 Å². The number of carbonyl (C=O) groups is 1. The number of aromatic nitrogens is 2. The minimum atomic E-state index is -0.655. The predicted molar refractivity (Wildman–Crippen MR) is 170 cm³/mol. The number of halogens is 1. The molecule has 2 unspecified atom stereocenters. The van der Waals surface area contributed by atoms with Gasteiger partial charge in [0.2, 0.25) is 0 Å². The maximum atomic E-state index is 12.5. The fourth-order valence-corrected chi connectivity index (χ4v) is 5.80. The number of aliphatic imine (C=N–C) groups is 1. The van der Waals surface area contributed by atoms with E-state index in [2.05, 4.69) is 22.0 Å². The van der Waals surface area contributed by atoms with Crippen LogP contribution in [0.2, 0.25) is 5.02 Å². The number of fused-ring (bicyclic) bond motifs is 1. The number of likely N-dealkylation sites (tertiary alicyclic amines) is 1. The lowest BCUT2D eigenvalue weighted by atomic mass is 10.0. The summed E-state index contributed by atoms with van der Waals surface area (Å²) < 4.78 is 22.5. The zero-order chi connectivity index (χ0) is 31.3. The minimum Gasteiger partial charge on any atom is -0.488 e. The lowest BCUT2D eigenvalue weighted by molar-refractivity contribution is -0.146. The first-order valence-electron chi connectivity index (χ1n) is 14.4. The van der Waals surface area contributed by atoms with Crippen LogP contribution in [0.25, 0.3) is 22.2 Å². The van der Waals surface area contributed by atoms with Gasteiger partial charge in [-0.3, -0.25) is 14.7 Å². The Balaban J connectivity index is 1.30. The standard InChI is InChI=1S/C34H31ClN4O6/c1-36-29-14-24(17-39-18-25(40)15-30(39)34(41)42-2)31(43-19-21-11-12-27-28(13-21)38-45-37-27)16-32(29)44-20-23-9-6-10-26(33(23)35)22-7-4-3-5-8-22/h3-14,16,25,30,40H,1,15,17-20H2,2H3. The highest BCUT2D eigenvalue weighted by molar-refractivity contribution is 6.34. The van der Waals surface area contributed by atoms with Gasteiger partial charge < -0.3 is 19.3 Å². The molecule has 4 aromatic carbocycles. The molecule has 1 saturated heterocycles. The predicted octanol–water partition coefficient (Wildman–Crippen LogP) is 6.14. The fraction of sp³-hybridized carbons (Fsp3) is 0.235. The molecular weight excluding hydrogens is 596 g/mol. The number of carbonyl (C=O) groups excluding carboxylic acids is 1. The maximum Gasteiger partial charge on any atom is 0.323 e. The van der Waals surface area contributed by atoms with Crippen LogP contribution in [0, 0.1) is 0 Å².